The van der Waals surface area contributed by atoms with Crippen LogP contribution in [0.4, 0.5) is 0 Å². The van der Waals surface area contributed by atoms with Crippen LogP contribution in [0.2, 0.25) is 0 Å². The Balaban J connectivity index is 1.27. The Hall–Kier alpha value is -0.220. The Kier molecular flexibility index (Phi) is 4.44. The van der Waals surface area contributed by atoms with Gasteiger partial charge in [0.1, 0.15) is 12.2 Å². The van der Waals surface area contributed by atoms with Gasteiger partial charge in [0.25, 0.3) is 0 Å². The summed E-state index contributed by atoms with van der Waals surface area (Å²) in [6.07, 6.45) is 14.1. The van der Waals surface area contributed by atoms with Gasteiger partial charge in [-0.2, -0.15) is 0 Å². The summed E-state index contributed by atoms with van der Waals surface area (Å²) in [5.74, 6) is 2.80. The van der Waals surface area contributed by atoms with Gasteiger partial charge >= 0.3 is 0 Å². The number of rotatable bonds is 3. The van der Waals surface area contributed by atoms with Gasteiger partial charge in [-0.1, -0.05) is 50.3 Å². The highest BCUT2D eigenvalue weighted by molar-refractivity contribution is 8.14. The predicted octanol–water partition coefficient (Wildman–Crippen LogP) is 4.14. The maximum Gasteiger partial charge on any atom is 0.161 e. The monoisotopic (exact) mass is 308 g/mol. The molecule has 0 amide bonds. The number of fused-ring (bicyclic) bond motifs is 2. The lowest BCUT2D eigenvalue weighted by atomic mass is 9.87. The standard InChI is InChI=1S/C17H28N2OS/c1-2-4-12(5-3-1)10-16-20-11-18-17(21-16)19-15-9-13-6-7-14(15)8-13/h12-16H,1-11H2,(H,18,19)/t13-,14+,15+,16?/m1/s1. The van der Waals surface area contributed by atoms with Crippen molar-refractivity contribution < 1.29 is 4.74 Å². The van der Waals surface area contributed by atoms with Crippen molar-refractivity contribution in [2.75, 3.05) is 6.73 Å². The van der Waals surface area contributed by atoms with E-state index < -0.39 is 0 Å². The molecular weight excluding hydrogens is 280 g/mol. The lowest BCUT2D eigenvalue weighted by molar-refractivity contribution is 0.0934. The number of ether oxygens (including phenoxy) is 1. The smallest absolute Gasteiger partial charge is 0.161 e. The Bertz CT molecular complexity index is 394. The predicted molar refractivity (Wildman–Crippen MR) is 88.3 cm³/mol. The van der Waals surface area contributed by atoms with E-state index in [1.807, 2.05) is 11.8 Å². The molecule has 0 saturated heterocycles. The molecule has 1 N–H and O–H groups in total. The van der Waals surface area contributed by atoms with Crippen molar-refractivity contribution in [2.24, 2.45) is 22.7 Å². The fourth-order valence-electron chi connectivity index (χ4n) is 4.85. The van der Waals surface area contributed by atoms with Crippen LogP contribution < -0.4 is 5.32 Å². The second kappa shape index (κ2) is 6.49. The van der Waals surface area contributed by atoms with E-state index in [2.05, 4.69) is 10.3 Å². The minimum absolute atomic E-state index is 0.340. The summed E-state index contributed by atoms with van der Waals surface area (Å²) in [5.41, 5.74) is 0.340. The molecule has 0 aromatic rings. The van der Waals surface area contributed by atoms with Crippen molar-refractivity contribution in [3.05, 3.63) is 0 Å². The molecule has 4 heteroatoms. The summed E-state index contributed by atoms with van der Waals surface area (Å²) in [5, 5.41) is 4.92. The van der Waals surface area contributed by atoms with Crippen molar-refractivity contribution in [3.63, 3.8) is 0 Å². The molecule has 4 aliphatic rings. The third-order valence-corrected chi connectivity index (χ3v) is 7.07. The maximum atomic E-state index is 5.87. The molecule has 3 fully saturated rings. The molecule has 0 aromatic carbocycles. The van der Waals surface area contributed by atoms with Crippen LogP contribution in [-0.2, 0) is 4.74 Å². The molecule has 0 spiro atoms. The number of hydrogen-bond acceptors (Lipinski definition) is 4. The van der Waals surface area contributed by atoms with Gasteiger partial charge in [0, 0.05) is 6.04 Å². The third kappa shape index (κ3) is 3.42. The largest absolute Gasteiger partial charge is 0.362 e. The van der Waals surface area contributed by atoms with Crippen LogP contribution in [0.25, 0.3) is 0 Å². The SMILES string of the molecule is C1CCC(CC2OCN=C(N[C@H]3C[C@@H]4CC[C@H]3C4)S2)CC1. The van der Waals surface area contributed by atoms with E-state index >= 15 is 0 Å². The molecule has 1 heterocycles. The average Bonchev–Trinajstić information content (AvgIpc) is 3.11. The van der Waals surface area contributed by atoms with Crippen molar-refractivity contribution in [1.29, 1.82) is 0 Å². The first-order valence-electron chi connectivity index (χ1n) is 8.96. The molecule has 118 valence electrons. The minimum Gasteiger partial charge on any atom is -0.362 e. The molecule has 3 nitrogen and oxygen atoms in total. The van der Waals surface area contributed by atoms with E-state index in [1.165, 1.54) is 69.4 Å². The van der Waals surface area contributed by atoms with Crippen LogP contribution >= 0.6 is 11.8 Å². The van der Waals surface area contributed by atoms with E-state index in [4.69, 9.17) is 4.74 Å². The minimum atomic E-state index is 0.340. The fraction of sp³-hybridized carbons (Fsp3) is 0.941. The number of amidine groups is 1. The van der Waals surface area contributed by atoms with Crippen molar-refractivity contribution in [1.82, 2.24) is 5.32 Å². The maximum absolute atomic E-state index is 5.87. The van der Waals surface area contributed by atoms with Crippen molar-refractivity contribution >= 4 is 16.9 Å². The average molecular weight is 308 g/mol. The van der Waals surface area contributed by atoms with Gasteiger partial charge in [-0.25, -0.2) is 4.99 Å². The Morgan fingerprint density at radius 1 is 1.10 bits per heavy atom. The molecule has 3 saturated carbocycles. The first-order chi connectivity index (χ1) is 10.4. The second-order valence-corrected chi connectivity index (χ2v) is 8.62. The quantitative estimate of drug-likeness (QED) is 0.851. The fourth-order valence-corrected chi connectivity index (χ4v) is 5.94. The summed E-state index contributed by atoms with van der Waals surface area (Å²) in [7, 11) is 0. The normalized spacial score (nSPS) is 40.3. The van der Waals surface area contributed by atoms with Crippen LogP contribution in [0.15, 0.2) is 4.99 Å². The molecule has 0 aromatic heterocycles. The van der Waals surface area contributed by atoms with Gasteiger partial charge in [-0.3, -0.25) is 0 Å². The van der Waals surface area contributed by atoms with Gasteiger partial charge in [0.15, 0.2) is 5.17 Å². The van der Waals surface area contributed by atoms with Crippen LogP contribution in [0, 0.1) is 17.8 Å². The number of thioether (sulfide) groups is 1. The van der Waals surface area contributed by atoms with Crippen LogP contribution in [0.5, 0.6) is 0 Å². The Morgan fingerprint density at radius 2 is 2.00 bits per heavy atom. The second-order valence-electron chi connectivity index (χ2n) is 7.47. The van der Waals surface area contributed by atoms with Gasteiger partial charge in [0.2, 0.25) is 0 Å². The number of nitrogens with zero attached hydrogens (tertiary/aromatic N) is 1. The highest BCUT2D eigenvalue weighted by Crippen LogP contribution is 2.45. The third-order valence-electron chi connectivity index (χ3n) is 6.01. The molecule has 21 heavy (non-hydrogen) atoms. The molecular formula is C17H28N2OS. The summed E-state index contributed by atoms with van der Waals surface area (Å²) in [4.78, 5) is 4.57. The lowest BCUT2D eigenvalue weighted by Gasteiger charge is -2.30. The zero-order chi connectivity index (χ0) is 14.1. The topological polar surface area (TPSA) is 33.6 Å². The zero-order valence-electron chi connectivity index (χ0n) is 12.9. The van der Waals surface area contributed by atoms with Crippen molar-refractivity contribution in [2.45, 2.75) is 75.7 Å². The van der Waals surface area contributed by atoms with Crippen molar-refractivity contribution in [3.8, 4) is 0 Å². The number of aliphatic imine (C=N–C) groups is 1. The number of nitrogens with one attached hydrogen (secondary N) is 1. The van der Waals surface area contributed by atoms with Gasteiger partial charge in [-0.05, 0) is 43.4 Å². The lowest BCUT2D eigenvalue weighted by Crippen LogP contribution is -2.39. The van der Waals surface area contributed by atoms with Gasteiger partial charge < -0.3 is 10.1 Å². The highest BCUT2D eigenvalue weighted by Gasteiger charge is 2.40. The molecule has 4 atom stereocenters. The molecule has 0 radical (unpaired) electrons. The Morgan fingerprint density at radius 3 is 2.76 bits per heavy atom. The number of hydrogen-bond donors (Lipinski definition) is 1. The zero-order valence-corrected chi connectivity index (χ0v) is 13.7. The van der Waals surface area contributed by atoms with Crippen LogP contribution in [-0.4, -0.2) is 23.4 Å². The highest BCUT2D eigenvalue weighted by atomic mass is 32.2. The summed E-state index contributed by atoms with van der Waals surface area (Å²) in [6.45, 7) is 0.563. The van der Waals surface area contributed by atoms with Crippen LogP contribution in [0.1, 0.15) is 64.2 Å². The van der Waals surface area contributed by atoms with Gasteiger partial charge in [0.05, 0.1) is 0 Å². The molecule has 4 rings (SSSR count). The molecule has 1 aliphatic heterocycles. The molecule has 1 unspecified atom stereocenters. The summed E-state index contributed by atoms with van der Waals surface area (Å²) >= 11 is 1.86. The molecule has 3 aliphatic carbocycles. The Labute approximate surface area is 132 Å². The molecule has 2 bridgehead atoms. The first-order valence-corrected chi connectivity index (χ1v) is 9.84. The van der Waals surface area contributed by atoms with Gasteiger partial charge in [-0.15, -0.1) is 0 Å². The van der Waals surface area contributed by atoms with Crippen LogP contribution in [0.3, 0.4) is 0 Å². The van der Waals surface area contributed by atoms with E-state index in [1.54, 1.807) is 0 Å². The van der Waals surface area contributed by atoms with E-state index in [0.29, 0.717) is 18.2 Å². The summed E-state index contributed by atoms with van der Waals surface area (Å²) < 4.78 is 5.87. The van der Waals surface area contributed by atoms with E-state index in [9.17, 15) is 0 Å². The summed E-state index contributed by atoms with van der Waals surface area (Å²) in [6, 6.07) is 0.698. The first kappa shape index (κ1) is 14.4. The van der Waals surface area contributed by atoms with E-state index in [0.717, 1.165) is 17.8 Å². The van der Waals surface area contributed by atoms with E-state index in [-0.39, 0.29) is 0 Å².